The van der Waals surface area contributed by atoms with E-state index in [1.165, 1.54) is 0 Å². The molecule has 1 unspecified atom stereocenters. The molecule has 0 aliphatic carbocycles. The van der Waals surface area contributed by atoms with Gasteiger partial charge in [0.25, 0.3) is 0 Å². The number of hydrogen-bond acceptors (Lipinski definition) is 2. The van der Waals surface area contributed by atoms with Crippen LogP contribution in [-0.2, 0) is 0 Å². The van der Waals surface area contributed by atoms with Crippen molar-refractivity contribution in [2.24, 2.45) is 5.73 Å². The molecule has 0 heterocycles. The van der Waals surface area contributed by atoms with Crippen molar-refractivity contribution < 1.29 is 18.3 Å². The van der Waals surface area contributed by atoms with Crippen LogP contribution in [0.4, 0.5) is 13.2 Å². The minimum absolute atomic E-state index is 0.0623. The summed E-state index contributed by atoms with van der Waals surface area (Å²) < 4.78 is 38.4. The van der Waals surface area contributed by atoms with Crippen molar-refractivity contribution in [1.82, 2.24) is 0 Å². The fourth-order valence-electron chi connectivity index (χ4n) is 1.49. The van der Waals surface area contributed by atoms with Crippen LogP contribution in [0.3, 0.4) is 0 Å². The molecule has 0 amide bonds. The van der Waals surface area contributed by atoms with Gasteiger partial charge in [-0.2, -0.15) is 0 Å². The highest BCUT2D eigenvalue weighted by atomic mass is 35.5. The molecule has 1 atom stereocenters. The molecule has 1 rings (SSSR count). The lowest BCUT2D eigenvalue weighted by Gasteiger charge is -2.14. The molecule has 108 valence electrons. The summed E-state index contributed by atoms with van der Waals surface area (Å²) in [5.74, 6) is -3.45. The Morgan fingerprint density at radius 3 is 2.37 bits per heavy atom. The van der Waals surface area contributed by atoms with E-state index < -0.39 is 30.1 Å². The predicted molar refractivity (Wildman–Crippen MR) is 71.0 cm³/mol. The molecule has 6 heteroatoms. The van der Waals surface area contributed by atoms with E-state index in [2.05, 4.69) is 13.2 Å². The Bertz CT molecular complexity index is 415. The Hall–Kier alpha value is -1.20. The first-order valence-electron chi connectivity index (χ1n) is 5.67. The molecule has 0 aliphatic rings. The number of aromatic hydroxyl groups is 1. The van der Waals surface area contributed by atoms with Gasteiger partial charge in [-0.1, -0.05) is 11.6 Å². The molecule has 2 nitrogen and oxygen atoms in total. The number of unbranched alkanes of at least 4 members (excludes halogenated alkanes) is 1. The zero-order valence-electron chi connectivity index (χ0n) is 10.4. The van der Waals surface area contributed by atoms with Crippen molar-refractivity contribution in [2.75, 3.05) is 6.67 Å². The summed E-state index contributed by atoms with van der Waals surface area (Å²) in [5.41, 5.74) is 5.61. The van der Waals surface area contributed by atoms with Gasteiger partial charge in [0.2, 0.25) is 0 Å². The highest BCUT2D eigenvalue weighted by molar-refractivity contribution is 6.31. The van der Waals surface area contributed by atoms with Crippen molar-refractivity contribution in [3.05, 3.63) is 41.4 Å². The van der Waals surface area contributed by atoms with Crippen LogP contribution in [0.1, 0.15) is 30.9 Å². The van der Waals surface area contributed by atoms with E-state index >= 15 is 0 Å². The number of benzene rings is 1. The third-order valence-electron chi connectivity index (χ3n) is 2.46. The maximum Gasteiger partial charge on any atom is 0.189 e. The largest absolute Gasteiger partial charge is 0.503 e. The molecule has 0 aliphatic heterocycles. The zero-order chi connectivity index (χ0) is 15.0. The average molecular weight is 296 g/mol. The Kier molecular flexibility index (Phi) is 8.27. The van der Waals surface area contributed by atoms with Crippen LogP contribution in [0, 0.1) is 11.6 Å². The highest BCUT2D eigenvalue weighted by Crippen LogP contribution is 2.33. The van der Waals surface area contributed by atoms with E-state index in [1.807, 2.05) is 0 Å². The van der Waals surface area contributed by atoms with Gasteiger partial charge in [-0.25, -0.2) is 8.78 Å². The van der Waals surface area contributed by atoms with Crippen LogP contribution < -0.4 is 5.73 Å². The number of hydrogen-bond donors (Lipinski definition) is 2. The number of halogens is 4. The lowest BCUT2D eigenvalue weighted by molar-refractivity contribution is 0.388. The van der Waals surface area contributed by atoms with E-state index in [9.17, 15) is 13.2 Å². The van der Waals surface area contributed by atoms with Gasteiger partial charge in [0, 0.05) is 11.6 Å². The van der Waals surface area contributed by atoms with Crippen LogP contribution in [-0.4, -0.2) is 11.8 Å². The first-order valence-corrected chi connectivity index (χ1v) is 6.04. The number of rotatable bonds is 5. The smallest absolute Gasteiger partial charge is 0.189 e. The topological polar surface area (TPSA) is 46.2 Å². The van der Waals surface area contributed by atoms with E-state index in [-0.39, 0.29) is 10.6 Å². The minimum atomic E-state index is -1.20. The maximum absolute atomic E-state index is 13.5. The molecule has 0 saturated carbocycles. The van der Waals surface area contributed by atoms with Gasteiger partial charge in [-0.05, 0) is 25.3 Å². The summed E-state index contributed by atoms with van der Waals surface area (Å²) in [6, 6.07) is 0.303. The molecular formula is C13H17ClF3NO. The van der Waals surface area contributed by atoms with Gasteiger partial charge in [-0.15, -0.1) is 13.2 Å². The molecule has 1 aromatic carbocycles. The Labute approximate surface area is 115 Å². The van der Waals surface area contributed by atoms with E-state index in [0.717, 1.165) is 6.07 Å². The van der Waals surface area contributed by atoms with Crippen LogP contribution in [0.15, 0.2) is 19.2 Å². The Morgan fingerprint density at radius 2 is 1.84 bits per heavy atom. The monoisotopic (exact) mass is 295 g/mol. The molecule has 3 N–H and O–H groups in total. The number of phenols is 1. The molecular weight excluding hydrogens is 279 g/mol. The van der Waals surface area contributed by atoms with Gasteiger partial charge < -0.3 is 10.8 Å². The molecule has 0 aromatic heterocycles. The molecule has 0 fully saturated rings. The van der Waals surface area contributed by atoms with Crippen LogP contribution >= 0.6 is 11.6 Å². The number of nitrogens with two attached hydrogens (primary N) is 1. The first kappa shape index (κ1) is 17.8. The minimum Gasteiger partial charge on any atom is -0.503 e. The van der Waals surface area contributed by atoms with E-state index in [4.69, 9.17) is 22.4 Å². The summed E-state index contributed by atoms with van der Waals surface area (Å²) >= 11 is 5.48. The standard InChI is InChI=1S/C11H13ClF3NO.C2H4/c12-7-5-6(8(16)3-1-2-4-13)9(14)11(17)10(7)15;1-2/h5,8,17H,1-4,16H2;1-2H2. The van der Waals surface area contributed by atoms with Crippen LogP contribution in [0.2, 0.25) is 5.02 Å². The maximum atomic E-state index is 13.5. The summed E-state index contributed by atoms with van der Waals surface area (Å²) in [4.78, 5) is 0. The van der Waals surface area contributed by atoms with Gasteiger partial charge >= 0.3 is 0 Å². The SMILES string of the molecule is C=C.NC(CCCCF)c1cc(Cl)c(F)c(O)c1F. The molecule has 1 aromatic rings. The highest BCUT2D eigenvalue weighted by Gasteiger charge is 2.20. The first-order chi connectivity index (χ1) is 8.99. The van der Waals surface area contributed by atoms with Crippen molar-refractivity contribution in [2.45, 2.75) is 25.3 Å². The van der Waals surface area contributed by atoms with Gasteiger partial charge in [0.15, 0.2) is 17.4 Å². The second kappa shape index (κ2) is 8.82. The fraction of sp³-hybridized carbons (Fsp3) is 0.385. The zero-order valence-corrected chi connectivity index (χ0v) is 11.2. The lowest BCUT2D eigenvalue weighted by Crippen LogP contribution is -2.13. The molecule has 0 spiro atoms. The van der Waals surface area contributed by atoms with E-state index in [0.29, 0.717) is 19.3 Å². The van der Waals surface area contributed by atoms with Gasteiger partial charge in [-0.3, -0.25) is 4.39 Å². The van der Waals surface area contributed by atoms with Crippen LogP contribution in [0.5, 0.6) is 5.75 Å². The summed E-state index contributed by atoms with van der Waals surface area (Å²) in [7, 11) is 0. The summed E-state index contributed by atoms with van der Waals surface area (Å²) in [5, 5.41) is 8.75. The molecule has 0 bridgehead atoms. The van der Waals surface area contributed by atoms with Gasteiger partial charge in [0.1, 0.15) is 0 Å². The summed E-state index contributed by atoms with van der Waals surface area (Å²) in [6.07, 6.45) is 1.14. The second-order valence-corrected chi connectivity index (χ2v) is 4.12. The summed E-state index contributed by atoms with van der Waals surface area (Å²) in [6.45, 7) is 5.53. The third-order valence-corrected chi connectivity index (χ3v) is 2.73. The second-order valence-electron chi connectivity index (χ2n) is 3.72. The molecule has 0 radical (unpaired) electrons. The average Bonchev–Trinajstić information content (AvgIpc) is 2.43. The molecule has 0 saturated heterocycles. The fourth-order valence-corrected chi connectivity index (χ4v) is 1.70. The van der Waals surface area contributed by atoms with Crippen molar-refractivity contribution >= 4 is 11.6 Å². The van der Waals surface area contributed by atoms with Gasteiger partial charge in [0.05, 0.1) is 11.7 Å². The normalized spacial score (nSPS) is 11.6. The Morgan fingerprint density at radius 1 is 1.26 bits per heavy atom. The number of phenolic OH excluding ortho intramolecular Hbond substituents is 1. The third kappa shape index (κ3) is 4.76. The van der Waals surface area contributed by atoms with Crippen molar-refractivity contribution in [1.29, 1.82) is 0 Å². The number of alkyl halides is 1. The quantitative estimate of drug-likeness (QED) is 0.484. The van der Waals surface area contributed by atoms with Crippen molar-refractivity contribution in [3.63, 3.8) is 0 Å². The van der Waals surface area contributed by atoms with E-state index in [1.54, 1.807) is 0 Å². The predicted octanol–water partition coefficient (Wildman–Crippen LogP) is 4.27. The Balaban J connectivity index is 0.00000154. The van der Waals surface area contributed by atoms with Crippen LogP contribution in [0.25, 0.3) is 0 Å². The molecule has 19 heavy (non-hydrogen) atoms. The van der Waals surface area contributed by atoms with Crippen molar-refractivity contribution in [3.8, 4) is 5.75 Å². The lowest BCUT2D eigenvalue weighted by atomic mass is 10.0.